The summed E-state index contributed by atoms with van der Waals surface area (Å²) in [6.07, 6.45) is 0.380. The van der Waals surface area contributed by atoms with E-state index in [1.54, 1.807) is 12.1 Å². The molecule has 7 nitrogen and oxygen atoms in total. The molecule has 1 aliphatic heterocycles. The van der Waals surface area contributed by atoms with E-state index in [1.165, 1.54) is 16.9 Å². The average molecular weight is 449 g/mol. The van der Waals surface area contributed by atoms with Crippen LogP contribution in [0.5, 0.6) is 0 Å². The van der Waals surface area contributed by atoms with Gasteiger partial charge in [0.25, 0.3) is 5.91 Å². The molecular formula is C24H24N4O3S. The highest BCUT2D eigenvalue weighted by Crippen LogP contribution is 2.32. The van der Waals surface area contributed by atoms with E-state index >= 15 is 0 Å². The first-order valence-electron chi connectivity index (χ1n) is 10.4. The van der Waals surface area contributed by atoms with Crippen LogP contribution in [0.4, 0.5) is 9.93 Å². The third-order valence-corrected chi connectivity index (χ3v) is 6.44. The van der Waals surface area contributed by atoms with Crippen LogP contribution in [0, 0.1) is 13.8 Å². The Morgan fingerprint density at radius 1 is 1.16 bits per heavy atom. The fourth-order valence-electron chi connectivity index (χ4n) is 3.99. The molecule has 0 radical (unpaired) electrons. The molecule has 8 heteroatoms. The minimum atomic E-state index is -1.16. The lowest BCUT2D eigenvalue weighted by molar-refractivity contribution is -0.134. The Balaban J connectivity index is 1.47. The topological polar surface area (TPSA) is 91.4 Å². The number of hydrogen-bond acceptors (Lipinski definition) is 5. The number of anilines is 1. The molecule has 1 aliphatic rings. The maximum atomic E-state index is 13.2. The predicted molar refractivity (Wildman–Crippen MR) is 124 cm³/mol. The number of hydrogen-bond donors (Lipinski definition) is 2. The molecule has 0 aliphatic carbocycles. The Kier molecular flexibility index (Phi) is 5.80. The van der Waals surface area contributed by atoms with Gasteiger partial charge in [-0.2, -0.15) is 0 Å². The fourth-order valence-corrected chi connectivity index (χ4v) is 4.72. The lowest BCUT2D eigenvalue weighted by atomic mass is 9.87. The number of aryl methyl sites for hydroxylation is 2. The van der Waals surface area contributed by atoms with Gasteiger partial charge in [0.15, 0.2) is 5.13 Å². The van der Waals surface area contributed by atoms with Crippen LogP contribution in [-0.2, 0) is 15.1 Å². The second kappa shape index (κ2) is 8.55. The van der Waals surface area contributed by atoms with Gasteiger partial charge in [0.1, 0.15) is 12.1 Å². The highest BCUT2D eigenvalue weighted by molar-refractivity contribution is 7.14. The number of rotatable bonds is 6. The molecular weight excluding hydrogens is 424 g/mol. The maximum Gasteiger partial charge on any atom is 0.325 e. The molecule has 3 aromatic rings. The number of amides is 4. The van der Waals surface area contributed by atoms with E-state index < -0.39 is 23.4 Å². The molecule has 1 aromatic heterocycles. The number of nitrogens with one attached hydrogen (secondary N) is 2. The standard InChI is InChI=1S/C24H24N4O3S/c1-4-24(17-8-6-5-7-9-17)21(30)28(23(31)27-24)13-20(29)26-22-25-19(14-32-22)18-11-10-15(2)12-16(18)3/h5-12,14H,4,13H2,1-3H3,(H,27,31)(H,25,26,29). The zero-order valence-electron chi connectivity index (χ0n) is 18.1. The molecule has 2 aromatic carbocycles. The third kappa shape index (κ3) is 3.89. The van der Waals surface area contributed by atoms with E-state index in [1.807, 2.05) is 56.5 Å². The van der Waals surface area contributed by atoms with Crippen molar-refractivity contribution in [2.24, 2.45) is 0 Å². The molecule has 2 heterocycles. The number of imide groups is 1. The summed E-state index contributed by atoms with van der Waals surface area (Å²) in [5.41, 5.74) is 3.58. The van der Waals surface area contributed by atoms with E-state index in [0.29, 0.717) is 17.1 Å². The van der Waals surface area contributed by atoms with Crippen molar-refractivity contribution in [2.75, 3.05) is 11.9 Å². The molecule has 1 fully saturated rings. The number of carbonyl (C=O) groups excluding carboxylic acids is 3. The van der Waals surface area contributed by atoms with Crippen molar-refractivity contribution in [1.82, 2.24) is 15.2 Å². The first kappa shape index (κ1) is 21.7. The van der Waals surface area contributed by atoms with Crippen molar-refractivity contribution in [3.8, 4) is 11.3 Å². The average Bonchev–Trinajstić information content (AvgIpc) is 3.32. The summed E-state index contributed by atoms with van der Waals surface area (Å²) in [5.74, 6) is -0.906. The first-order chi connectivity index (χ1) is 15.3. The zero-order valence-corrected chi connectivity index (χ0v) is 19.0. The van der Waals surface area contributed by atoms with Crippen LogP contribution in [0.25, 0.3) is 11.3 Å². The van der Waals surface area contributed by atoms with E-state index in [-0.39, 0.29) is 6.54 Å². The summed E-state index contributed by atoms with van der Waals surface area (Å²) in [7, 11) is 0. The molecule has 0 spiro atoms. The predicted octanol–water partition coefficient (Wildman–Crippen LogP) is 4.22. The summed E-state index contributed by atoms with van der Waals surface area (Å²) in [6, 6.07) is 14.6. The van der Waals surface area contributed by atoms with Crippen molar-refractivity contribution in [2.45, 2.75) is 32.7 Å². The molecule has 4 rings (SSSR count). The van der Waals surface area contributed by atoms with Crippen LogP contribution >= 0.6 is 11.3 Å². The minimum Gasteiger partial charge on any atom is -0.319 e. The lowest BCUT2D eigenvalue weighted by Crippen LogP contribution is -2.44. The van der Waals surface area contributed by atoms with Crippen molar-refractivity contribution >= 4 is 34.3 Å². The van der Waals surface area contributed by atoms with Gasteiger partial charge >= 0.3 is 6.03 Å². The SMILES string of the molecule is CCC1(c2ccccc2)NC(=O)N(CC(=O)Nc2nc(-c3ccc(C)cc3C)cs2)C1=O. The number of urea groups is 1. The number of nitrogens with zero attached hydrogens (tertiary/aromatic N) is 2. The number of aromatic nitrogens is 1. The number of thiazole rings is 1. The van der Waals surface area contributed by atoms with Gasteiger partial charge in [0.05, 0.1) is 5.69 Å². The summed E-state index contributed by atoms with van der Waals surface area (Å²) < 4.78 is 0. The Morgan fingerprint density at radius 3 is 2.59 bits per heavy atom. The van der Waals surface area contributed by atoms with Gasteiger partial charge in [-0.15, -0.1) is 11.3 Å². The van der Waals surface area contributed by atoms with E-state index in [2.05, 4.69) is 21.7 Å². The quantitative estimate of drug-likeness (QED) is 0.552. The Labute approximate surface area is 190 Å². The molecule has 0 bridgehead atoms. The Hall–Kier alpha value is -3.52. The second-order valence-corrected chi connectivity index (χ2v) is 8.71. The molecule has 1 saturated heterocycles. The first-order valence-corrected chi connectivity index (χ1v) is 11.2. The minimum absolute atomic E-state index is 0.377. The Bertz CT molecular complexity index is 1190. The maximum absolute atomic E-state index is 13.2. The van der Waals surface area contributed by atoms with E-state index in [0.717, 1.165) is 21.7 Å². The normalized spacial score (nSPS) is 18.0. The largest absolute Gasteiger partial charge is 0.325 e. The van der Waals surface area contributed by atoms with Crippen LogP contribution in [0.3, 0.4) is 0 Å². The van der Waals surface area contributed by atoms with Gasteiger partial charge < -0.3 is 10.6 Å². The van der Waals surface area contributed by atoms with Crippen molar-refractivity contribution in [3.05, 3.63) is 70.6 Å². The van der Waals surface area contributed by atoms with Crippen molar-refractivity contribution in [1.29, 1.82) is 0 Å². The molecule has 32 heavy (non-hydrogen) atoms. The van der Waals surface area contributed by atoms with Gasteiger partial charge in [-0.25, -0.2) is 9.78 Å². The van der Waals surface area contributed by atoms with Crippen LogP contribution in [0.15, 0.2) is 53.9 Å². The molecule has 1 atom stereocenters. The summed E-state index contributed by atoms with van der Waals surface area (Å²) >= 11 is 1.30. The summed E-state index contributed by atoms with van der Waals surface area (Å²) in [4.78, 5) is 43.8. The number of carbonyl (C=O) groups is 3. The highest BCUT2D eigenvalue weighted by Gasteiger charge is 2.51. The van der Waals surface area contributed by atoms with Crippen LogP contribution < -0.4 is 10.6 Å². The molecule has 2 N–H and O–H groups in total. The molecule has 1 unspecified atom stereocenters. The lowest BCUT2D eigenvalue weighted by Gasteiger charge is -2.25. The summed E-state index contributed by atoms with van der Waals surface area (Å²) in [6.45, 7) is 5.51. The second-order valence-electron chi connectivity index (χ2n) is 7.85. The molecule has 4 amide bonds. The number of benzene rings is 2. The highest BCUT2D eigenvalue weighted by atomic mass is 32.1. The van der Waals surface area contributed by atoms with Crippen molar-refractivity contribution < 1.29 is 14.4 Å². The fraction of sp³-hybridized carbons (Fsp3) is 0.250. The zero-order chi connectivity index (χ0) is 22.9. The van der Waals surface area contributed by atoms with Crippen LogP contribution in [0.2, 0.25) is 0 Å². The van der Waals surface area contributed by atoms with Crippen LogP contribution in [0.1, 0.15) is 30.0 Å². The monoisotopic (exact) mass is 448 g/mol. The van der Waals surface area contributed by atoms with E-state index in [9.17, 15) is 14.4 Å². The molecule has 0 saturated carbocycles. The van der Waals surface area contributed by atoms with Crippen LogP contribution in [-0.4, -0.2) is 34.3 Å². The summed E-state index contributed by atoms with van der Waals surface area (Å²) in [5, 5.41) is 7.79. The molecule has 164 valence electrons. The van der Waals surface area contributed by atoms with Crippen molar-refractivity contribution in [3.63, 3.8) is 0 Å². The van der Waals surface area contributed by atoms with Gasteiger partial charge in [-0.3, -0.25) is 14.5 Å². The Morgan fingerprint density at radius 2 is 1.91 bits per heavy atom. The smallest absolute Gasteiger partial charge is 0.319 e. The van der Waals surface area contributed by atoms with Gasteiger partial charge in [-0.1, -0.05) is 61.0 Å². The van der Waals surface area contributed by atoms with E-state index in [4.69, 9.17) is 0 Å². The van der Waals surface area contributed by atoms with Gasteiger partial charge in [-0.05, 0) is 31.4 Å². The van der Waals surface area contributed by atoms with Gasteiger partial charge in [0.2, 0.25) is 5.91 Å². The third-order valence-electron chi connectivity index (χ3n) is 5.68. The van der Waals surface area contributed by atoms with Gasteiger partial charge in [0, 0.05) is 10.9 Å².